The van der Waals surface area contributed by atoms with Crippen LogP contribution in [0.15, 0.2) is 24.3 Å². The number of halogens is 3. The molecule has 0 aliphatic rings. The van der Waals surface area contributed by atoms with Gasteiger partial charge in [0, 0.05) is 18.8 Å². The van der Waals surface area contributed by atoms with Crippen molar-refractivity contribution >= 4 is 17.5 Å². The van der Waals surface area contributed by atoms with Crippen molar-refractivity contribution < 1.29 is 32.4 Å². The van der Waals surface area contributed by atoms with Crippen molar-refractivity contribution in [1.82, 2.24) is 4.90 Å². The summed E-state index contributed by atoms with van der Waals surface area (Å²) in [6.45, 7) is 5.58. The highest BCUT2D eigenvalue weighted by Gasteiger charge is 2.31. The molecule has 6 nitrogen and oxygen atoms in total. The lowest BCUT2D eigenvalue weighted by atomic mass is 10.3. The number of hydrogen-bond acceptors (Lipinski definition) is 3. The molecule has 0 spiro atoms. The first-order valence-electron chi connectivity index (χ1n) is 8.89. The molecule has 27 heavy (non-hydrogen) atoms. The molecule has 0 heterocycles. The van der Waals surface area contributed by atoms with E-state index in [1.165, 1.54) is 12.1 Å². The molecule has 9 heteroatoms. The lowest BCUT2D eigenvalue weighted by molar-refractivity contribution is -0.862. The van der Waals surface area contributed by atoms with E-state index in [-0.39, 0.29) is 30.7 Å². The first kappa shape index (κ1) is 22.8. The van der Waals surface area contributed by atoms with Gasteiger partial charge < -0.3 is 19.9 Å². The Morgan fingerprint density at radius 2 is 1.78 bits per heavy atom. The summed E-state index contributed by atoms with van der Waals surface area (Å²) in [4.78, 5) is 26.8. The number of benzene rings is 1. The van der Waals surface area contributed by atoms with Crippen LogP contribution < -0.4 is 15.0 Å². The van der Waals surface area contributed by atoms with Gasteiger partial charge in [-0.05, 0) is 37.6 Å². The van der Waals surface area contributed by atoms with Crippen LogP contribution in [0.25, 0.3) is 0 Å². The predicted molar refractivity (Wildman–Crippen MR) is 95.5 cm³/mol. The van der Waals surface area contributed by atoms with E-state index >= 15 is 0 Å². The Bertz CT molecular complexity index is 606. The van der Waals surface area contributed by atoms with Crippen molar-refractivity contribution in [3.63, 3.8) is 0 Å². The fourth-order valence-corrected chi connectivity index (χ4v) is 2.46. The minimum absolute atomic E-state index is 0.00935. The van der Waals surface area contributed by atoms with Crippen LogP contribution in [-0.2, 0) is 9.59 Å². The van der Waals surface area contributed by atoms with Gasteiger partial charge in [-0.15, -0.1) is 13.2 Å². The number of quaternary nitrogens is 1. The Hall–Kier alpha value is -2.29. The third-order valence-electron chi connectivity index (χ3n) is 3.80. The van der Waals surface area contributed by atoms with Crippen molar-refractivity contribution in [2.24, 2.45) is 0 Å². The highest BCUT2D eigenvalue weighted by atomic mass is 19.4. The SMILES string of the molecule is CCCCN(CC)C(=O)C[NH+](C)CC(=O)Nc1ccc(OC(F)(F)F)cc1. The van der Waals surface area contributed by atoms with Gasteiger partial charge in [-0.1, -0.05) is 13.3 Å². The number of rotatable bonds is 10. The number of carbonyl (C=O) groups excluding carboxylic acids is 2. The van der Waals surface area contributed by atoms with Gasteiger partial charge in [0.25, 0.3) is 11.8 Å². The van der Waals surface area contributed by atoms with Gasteiger partial charge in [-0.3, -0.25) is 9.59 Å². The summed E-state index contributed by atoms with van der Waals surface area (Å²) in [7, 11) is 1.74. The number of hydrogen-bond donors (Lipinski definition) is 2. The zero-order valence-corrected chi connectivity index (χ0v) is 15.9. The van der Waals surface area contributed by atoms with Gasteiger partial charge >= 0.3 is 6.36 Å². The normalized spacial score (nSPS) is 12.4. The lowest BCUT2D eigenvalue weighted by Gasteiger charge is -2.22. The largest absolute Gasteiger partial charge is 0.573 e. The zero-order chi connectivity index (χ0) is 20.4. The standard InChI is InChI=1S/C18H26F3N3O3/c1-4-6-11-24(5-2)17(26)13-23(3)12-16(25)22-14-7-9-15(10-8-14)27-18(19,20)21/h7-10H,4-6,11-13H2,1-3H3,(H,22,25)/p+1. The average molecular weight is 390 g/mol. The summed E-state index contributed by atoms with van der Waals surface area (Å²) in [6.07, 6.45) is -2.82. The Balaban J connectivity index is 2.48. The topological polar surface area (TPSA) is 63.1 Å². The van der Waals surface area contributed by atoms with Crippen molar-refractivity contribution in [2.45, 2.75) is 33.1 Å². The zero-order valence-electron chi connectivity index (χ0n) is 15.9. The highest BCUT2D eigenvalue weighted by molar-refractivity contribution is 5.91. The van der Waals surface area contributed by atoms with Gasteiger partial charge in [0.15, 0.2) is 13.1 Å². The van der Waals surface area contributed by atoms with E-state index < -0.39 is 6.36 Å². The van der Waals surface area contributed by atoms with E-state index in [0.717, 1.165) is 29.9 Å². The second-order valence-electron chi connectivity index (χ2n) is 6.26. The molecule has 0 aliphatic carbocycles. The fourth-order valence-electron chi connectivity index (χ4n) is 2.46. The summed E-state index contributed by atoms with van der Waals surface area (Å²) < 4.78 is 40.1. The molecule has 152 valence electrons. The van der Waals surface area contributed by atoms with Gasteiger partial charge in [-0.25, -0.2) is 0 Å². The summed E-state index contributed by atoms with van der Waals surface area (Å²) >= 11 is 0. The van der Waals surface area contributed by atoms with Crippen LogP contribution in [-0.4, -0.2) is 56.3 Å². The Labute approximate surface area is 157 Å². The van der Waals surface area contributed by atoms with Crippen LogP contribution in [0, 0.1) is 0 Å². The quantitative estimate of drug-likeness (QED) is 0.639. The van der Waals surface area contributed by atoms with Gasteiger partial charge in [0.1, 0.15) is 5.75 Å². The van der Waals surface area contributed by atoms with Crippen molar-refractivity contribution in [2.75, 3.05) is 38.5 Å². The Morgan fingerprint density at radius 1 is 1.15 bits per heavy atom. The monoisotopic (exact) mass is 390 g/mol. The molecule has 0 saturated carbocycles. The number of amides is 2. The summed E-state index contributed by atoms with van der Waals surface area (Å²) in [6, 6.07) is 4.89. The van der Waals surface area contributed by atoms with E-state index in [1.807, 2.05) is 6.92 Å². The first-order chi connectivity index (χ1) is 12.6. The van der Waals surface area contributed by atoms with Crippen LogP contribution in [0.4, 0.5) is 18.9 Å². The number of anilines is 1. The molecule has 1 aromatic rings. The molecule has 1 aromatic carbocycles. The second-order valence-corrected chi connectivity index (χ2v) is 6.26. The molecule has 2 amide bonds. The molecule has 0 saturated heterocycles. The Morgan fingerprint density at radius 3 is 2.30 bits per heavy atom. The van der Waals surface area contributed by atoms with Crippen LogP contribution in [0.2, 0.25) is 0 Å². The van der Waals surface area contributed by atoms with E-state index in [9.17, 15) is 22.8 Å². The molecular weight excluding hydrogens is 363 g/mol. The Kier molecular flexibility index (Phi) is 9.07. The molecule has 0 bridgehead atoms. The van der Waals surface area contributed by atoms with Gasteiger partial charge in [-0.2, -0.15) is 0 Å². The third-order valence-corrected chi connectivity index (χ3v) is 3.80. The van der Waals surface area contributed by atoms with Crippen molar-refractivity contribution in [3.05, 3.63) is 24.3 Å². The second kappa shape index (κ2) is 10.8. The van der Waals surface area contributed by atoms with Crippen LogP contribution in [0.3, 0.4) is 0 Å². The smallest absolute Gasteiger partial charge is 0.406 e. The van der Waals surface area contributed by atoms with Gasteiger partial charge in [0.05, 0.1) is 7.05 Å². The molecule has 0 fully saturated rings. The number of unbranched alkanes of at least 4 members (excludes halogenated alkanes) is 1. The van der Waals surface area contributed by atoms with Gasteiger partial charge in [0.2, 0.25) is 0 Å². The number of alkyl halides is 3. The maximum Gasteiger partial charge on any atom is 0.573 e. The number of carbonyl (C=O) groups is 2. The lowest BCUT2D eigenvalue weighted by Crippen LogP contribution is -3.11. The average Bonchev–Trinajstić information content (AvgIpc) is 2.55. The first-order valence-corrected chi connectivity index (χ1v) is 8.89. The van der Waals surface area contributed by atoms with E-state index in [0.29, 0.717) is 18.8 Å². The molecule has 0 aromatic heterocycles. The van der Waals surface area contributed by atoms with E-state index in [1.54, 1.807) is 11.9 Å². The number of nitrogens with zero attached hydrogens (tertiary/aromatic N) is 1. The molecule has 1 rings (SSSR count). The molecule has 1 unspecified atom stereocenters. The summed E-state index contributed by atoms with van der Waals surface area (Å²) in [5.74, 6) is -0.702. The maximum atomic E-state index is 12.2. The minimum atomic E-state index is -4.76. The molecule has 1 atom stereocenters. The van der Waals surface area contributed by atoms with Crippen LogP contribution >= 0.6 is 0 Å². The van der Waals surface area contributed by atoms with Crippen molar-refractivity contribution in [1.29, 1.82) is 0 Å². The minimum Gasteiger partial charge on any atom is -0.406 e. The van der Waals surface area contributed by atoms with Crippen LogP contribution in [0.1, 0.15) is 26.7 Å². The van der Waals surface area contributed by atoms with E-state index in [4.69, 9.17) is 0 Å². The fraction of sp³-hybridized carbons (Fsp3) is 0.556. The van der Waals surface area contributed by atoms with Crippen LogP contribution in [0.5, 0.6) is 5.75 Å². The summed E-state index contributed by atoms with van der Waals surface area (Å²) in [5, 5.41) is 2.59. The third kappa shape index (κ3) is 9.28. The molecule has 2 N–H and O–H groups in total. The maximum absolute atomic E-state index is 12.2. The molecule has 0 aliphatic heterocycles. The van der Waals surface area contributed by atoms with Crippen molar-refractivity contribution in [3.8, 4) is 5.75 Å². The number of likely N-dealkylation sites (N-methyl/N-ethyl adjacent to an activating group) is 2. The predicted octanol–water partition coefficient (Wildman–Crippen LogP) is 1.69. The summed E-state index contributed by atoms with van der Waals surface area (Å²) in [5.41, 5.74) is 0.354. The molecule has 0 radical (unpaired) electrons. The van der Waals surface area contributed by atoms with E-state index in [2.05, 4.69) is 17.0 Å². The highest BCUT2D eigenvalue weighted by Crippen LogP contribution is 2.23. The number of nitrogens with one attached hydrogen (secondary N) is 2. The number of ether oxygens (including phenoxy) is 1. The molecular formula is C18H27F3N3O3+.